The molecule has 0 fully saturated rings. The molecule has 2 rings (SSSR count). The van der Waals surface area contributed by atoms with Crippen LogP contribution in [0.5, 0.6) is 0 Å². The number of aromatic nitrogens is 1. The Morgan fingerprint density at radius 3 is 2.60 bits per heavy atom. The minimum absolute atomic E-state index is 0.0604. The van der Waals surface area contributed by atoms with E-state index in [1.54, 1.807) is 12.4 Å². The van der Waals surface area contributed by atoms with Crippen molar-refractivity contribution in [3.8, 4) is 10.6 Å². The highest BCUT2D eigenvalue weighted by Gasteiger charge is 2.35. The van der Waals surface area contributed by atoms with E-state index >= 15 is 0 Å². The minimum Gasteiger partial charge on any atom is -0.312 e. The first-order chi connectivity index (χ1) is 9.32. The summed E-state index contributed by atoms with van der Waals surface area (Å²) in [5.41, 5.74) is -0.445. The zero-order chi connectivity index (χ0) is 14.9. The first-order valence-electron chi connectivity index (χ1n) is 5.82. The lowest BCUT2D eigenvalue weighted by atomic mass is 10.1. The fourth-order valence-electron chi connectivity index (χ4n) is 1.69. The first-order valence-corrected chi connectivity index (χ1v) is 6.70. The van der Waals surface area contributed by atoms with Crippen molar-refractivity contribution in [2.24, 2.45) is 0 Å². The summed E-state index contributed by atoms with van der Waals surface area (Å²) in [5, 5.41) is 4.89. The van der Waals surface area contributed by atoms with Crippen molar-refractivity contribution in [3.05, 3.63) is 40.7 Å². The average molecular weight is 304 g/mol. The highest BCUT2D eigenvalue weighted by atomic mass is 32.1. The smallest absolute Gasteiger partial charge is 0.312 e. The van der Waals surface area contributed by atoms with E-state index in [4.69, 9.17) is 0 Å². The van der Waals surface area contributed by atoms with Gasteiger partial charge in [0.2, 0.25) is 0 Å². The van der Waals surface area contributed by atoms with Gasteiger partial charge in [-0.2, -0.15) is 13.2 Å². The van der Waals surface area contributed by atoms with Crippen molar-refractivity contribution >= 4 is 11.3 Å². The lowest BCUT2D eigenvalue weighted by Gasteiger charge is -2.11. The Kier molecular flexibility index (Phi) is 4.10. The van der Waals surface area contributed by atoms with Crippen LogP contribution in [0.4, 0.5) is 17.6 Å². The van der Waals surface area contributed by atoms with Crippen LogP contribution >= 0.6 is 11.3 Å². The van der Waals surface area contributed by atoms with E-state index in [0.717, 1.165) is 23.5 Å². The van der Waals surface area contributed by atoms with E-state index in [1.165, 1.54) is 0 Å². The molecule has 1 aromatic heterocycles. The van der Waals surface area contributed by atoms with Crippen LogP contribution in [0, 0.1) is 5.82 Å². The Morgan fingerprint density at radius 1 is 1.30 bits per heavy atom. The van der Waals surface area contributed by atoms with Gasteiger partial charge in [-0.25, -0.2) is 9.37 Å². The molecular weight excluding hydrogens is 292 g/mol. The zero-order valence-corrected chi connectivity index (χ0v) is 11.6. The third kappa shape index (κ3) is 2.99. The number of rotatable bonds is 3. The van der Waals surface area contributed by atoms with E-state index in [1.807, 2.05) is 6.92 Å². The van der Waals surface area contributed by atoms with Crippen LogP contribution in [0.3, 0.4) is 0 Å². The standard InChI is InChI=1S/C13H12F4N2S/c1-7(18-2)11-6-20-12(19-11)9-4-3-8(14)5-10(9)13(15,16)17/h3-7,18H,1-2H3. The fraction of sp³-hybridized carbons (Fsp3) is 0.308. The number of nitrogens with one attached hydrogen (secondary N) is 1. The quantitative estimate of drug-likeness (QED) is 0.858. The maximum Gasteiger partial charge on any atom is 0.417 e. The molecule has 0 aliphatic rings. The predicted molar refractivity (Wildman–Crippen MR) is 70.0 cm³/mol. The number of hydrogen-bond acceptors (Lipinski definition) is 3. The van der Waals surface area contributed by atoms with Gasteiger partial charge in [0.05, 0.1) is 11.3 Å². The van der Waals surface area contributed by atoms with Gasteiger partial charge in [0.15, 0.2) is 0 Å². The summed E-state index contributed by atoms with van der Waals surface area (Å²) >= 11 is 1.11. The van der Waals surface area contributed by atoms with Crippen LogP contribution in [-0.4, -0.2) is 12.0 Å². The number of nitrogens with zero attached hydrogens (tertiary/aromatic N) is 1. The van der Waals surface area contributed by atoms with Crippen LogP contribution in [0.2, 0.25) is 0 Å². The minimum atomic E-state index is -4.61. The number of hydrogen-bond donors (Lipinski definition) is 1. The van der Waals surface area contributed by atoms with E-state index in [-0.39, 0.29) is 16.6 Å². The molecule has 0 saturated carbocycles. The van der Waals surface area contributed by atoms with E-state index in [0.29, 0.717) is 11.8 Å². The van der Waals surface area contributed by atoms with Crippen LogP contribution in [-0.2, 0) is 6.18 Å². The van der Waals surface area contributed by atoms with Crippen LogP contribution in [0.15, 0.2) is 23.6 Å². The third-order valence-corrected chi connectivity index (χ3v) is 3.81. The molecule has 1 unspecified atom stereocenters. The van der Waals surface area contributed by atoms with Gasteiger partial charge in [0.1, 0.15) is 10.8 Å². The summed E-state index contributed by atoms with van der Waals surface area (Å²) in [7, 11) is 1.74. The van der Waals surface area contributed by atoms with Gasteiger partial charge in [-0.15, -0.1) is 11.3 Å². The molecule has 1 aromatic carbocycles. The largest absolute Gasteiger partial charge is 0.417 e. The second kappa shape index (κ2) is 5.49. The number of benzene rings is 1. The Morgan fingerprint density at radius 2 is 2.00 bits per heavy atom. The Bertz CT molecular complexity index is 607. The molecule has 0 amide bonds. The zero-order valence-electron chi connectivity index (χ0n) is 10.8. The van der Waals surface area contributed by atoms with E-state index < -0.39 is 17.6 Å². The van der Waals surface area contributed by atoms with Gasteiger partial charge >= 0.3 is 6.18 Å². The Labute approximate surface area is 117 Å². The van der Waals surface area contributed by atoms with Gasteiger partial charge in [-0.1, -0.05) is 0 Å². The summed E-state index contributed by atoms with van der Waals surface area (Å²) in [6.45, 7) is 1.86. The van der Waals surface area contributed by atoms with Crippen molar-refractivity contribution in [3.63, 3.8) is 0 Å². The molecule has 20 heavy (non-hydrogen) atoms. The molecule has 0 spiro atoms. The van der Waals surface area contributed by atoms with Crippen molar-refractivity contribution in [2.45, 2.75) is 19.1 Å². The molecule has 1 N–H and O–H groups in total. The Hall–Kier alpha value is -1.47. The second-order valence-electron chi connectivity index (χ2n) is 4.28. The molecule has 0 aliphatic carbocycles. The molecule has 0 saturated heterocycles. The van der Waals surface area contributed by atoms with Gasteiger partial charge in [0.25, 0.3) is 0 Å². The van der Waals surface area contributed by atoms with Crippen molar-refractivity contribution < 1.29 is 17.6 Å². The maximum absolute atomic E-state index is 13.1. The maximum atomic E-state index is 13.1. The van der Waals surface area contributed by atoms with Gasteiger partial charge < -0.3 is 5.32 Å². The predicted octanol–water partition coefficient (Wildman–Crippen LogP) is 4.25. The number of alkyl halides is 3. The molecule has 2 aromatic rings. The van der Waals surface area contributed by atoms with Crippen LogP contribution in [0.1, 0.15) is 24.2 Å². The van der Waals surface area contributed by atoms with Crippen LogP contribution in [0.25, 0.3) is 10.6 Å². The lowest BCUT2D eigenvalue weighted by molar-refractivity contribution is -0.137. The molecule has 0 bridgehead atoms. The molecule has 1 heterocycles. The third-order valence-electron chi connectivity index (χ3n) is 2.92. The molecule has 0 radical (unpaired) electrons. The normalized spacial score (nSPS) is 13.5. The van der Waals surface area contributed by atoms with Crippen LogP contribution < -0.4 is 5.32 Å². The first kappa shape index (κ1) is 14.9. The fourth-order valence-corrected chi connectivity index (χ4v) is 2.65. The monoisotopic (exact) mass is 304 g/mol. The number of thiazole rings is 1. The average Bonchev–Trinajstić information content (AvgIpc) is 2.86. The molecule has 7 heteroatoms. The summed E-state index contributed by atoms with van der Waals surface area (Å²) in [4.78, 5) is 4.19. The van der Waals surface area contributed by atoms with E-state index in [9.17, 15) is 17.6 Å². The van der Waals surface area contributed by atoms with Crippen molar-refractivity contribution in [1.29, 1.82) is 0 Å². The topological polar surface area (TPSA) is 24.9 Å². The van der Waals surface area contributed by atoms with Gasteiger partial charge in [-0.05, 0) is 32.2 Å². The van der Waals surface area contributed by atoms with Gasteiger partial charge in [0, 0.05) is 17.0 Å². The highest BCUT2D eigenvalue weighted by molar-refractivity contribution is 7.13. The van der Waals surface area contributed by atoms with E-state index in [2.05, 4.69) is 10.3 Å². The summed E-state index contributed by atoms with van der Waals surface area (Å²) < 4.78 is 51.9. The van der Waals surface area contributed by atoms with Crippen molar-refractivity contribution in [1.82, 2.24) is 10.3 Å². The molecular formula is C13H12F4N2S. The molecule has 108 valence electrons. The molecule has 0 aliphatic heterocycles. The lowest BCUT2D eigenvalue weighted by Crippen LogP contribution is -2.12. The SMILES string of the molecule is CNC(C)c1csc(-c2ccc(F)cc2C(F)(F)F)n1. The highest BCUT2D eigenvalue weighted by Crippen LogP contribution is 2.38. The summed E-state index contributed by atoms with van der Waals surface area (Å²) in [6.07, 6.45) is -4.61. The summed E-state index contributed by atoms with van der Waals surface area (Å²) in [5.74, 6) is -0.915. The van der Waals surface area contributed by atoms with Gasteiger partial charge in [-0.3, -0.25) is 0 Å². The molecule has 2 nitrogen and oxygen atoms in total. The van der Waals surface area contributed by atoms with Crippen molar-refractivity contribution in [2.75, 3.05) is 7.05 Å². The second-order valence-corrected chi connectivity index (χ2v) is 5.13. The number of halogens is 4. The molecule has 1 atom stereocenters. The Balaban J connectivity index is 2.50. The summed E-state index contributed by atoms with van der Waals surface area (Å²) in [6, 6.07) is 2.56.